The number of nitrogens with zero attached hydrogens (tertiary/aromatic N) is 2. The van der Waals surface area contributed by atoms with Crippen LogP contribution in [0.3, 0.4) is 0 Å². The number of H-pyrrole nitrogens is 1. The van der Waals surface area contributed by atoms with Gasteiger partial charge in [-0.2, -0.15) is 0 Å². The number of rotatable bonds is 3. The van der Waals surface area contributed by atoms with E-state index in [1.54, 1.807) is 0 Å². The molecule has 0 atom stereocenters. The standard InChI is InChI=1S/C20H20N4O2/c25-20-22-15-5-1-3-7-17(15)24(20)14-9-11-23(12-10-14)13-19-21-16-6-2-4-8-18(16)26-19/h1-8,14H,9-13H2,(H,22,25)/p+1. The molecule has 0 radical (unpaired) electrons. The molecule has 1 fully saturated rings. The molecule has 2 aromatic heterocycles. The lowest BCUT2D eigenvalue weighted by atomic mass is 10.0. The Labute approximate surface area is 150 Å². The van der Waals surface area contributed by atoms with E-state index in [1.807, 2.05) is 53.1 Å². The number of oxazole rings is 1. The molecule has 0 amide bonds. The number of fused-ring (bicyclic) bond motifs is 2. The van der Waals surface area contributed by atoms with Crippen LogP contribution in [-0.4, -0.2) is 27.6 Å². The van der Waals surface area contributed by atoms with Crippen LogP contribution in [0.4, 0.5) is 0 Å². The molecule has 3 heterocycles. The lowest BCUT2D eigenvalue weighted by Gasteiger charge is -2.29. The lowest BCUT2D eigenvalue weighted by Crippen LogP contribution is -3.11. The van der Waals surface area contributed by atoms with Crippen molar-refractivity contribution in [3.63, 3.8) is 0 Å². The number of benzene rings is 2. The predicted molar refractivity (Wildman–Crippen MR) is 99.2 cm³/mol. The third-order valence-electron chi connectivity index (χ3n) is 5.39. The van der Waals surface area contributed by atoms with Crippen molar-refractivity contribution in [2.45, 2.75) is 25.4 Å². The summed E-state index contributed by atoms with van der Waals surface area (Å²) in [6, 6.07) is 16.1. The highest BCUT2D eigenvalue weighted by atomic mass is 16.3. The lowest BCUT2D eigenvalue weighted by molar-refractivity contribution is -0.920. The van der Waals surface area contributed by atoms with E-state index in [4.69, 9.17) is 4.42 Å². The summed E-state index contributed by atoms with van der Waals surface area (Å²) in [4.78, 5) is 21.4. The Balaban J connectivity index is 1.31. The van der Waals surface area contributed by atoms with Gasteiger partial charge >= 0.3 is 5.69 Å². The molecule has 4 aromatic rings. The van der Waals surface area contributed by atoms with E-state index in [0.29, 0.717) is 0 Å². The predicted octanol–water partition coefficient (Wildman–Crippen LogP) is 1.89. The average Bonchev–Trinajstić information content (AvgIpc) is 3.21. The molecule has 1 aliphatic rings. The van der Waals surface area contributed by atoms with E-state index >= 15 is 0 Å². The second kappa shape index (κ2) is 6.14. The molecule has 0 saturated carbocycles. The van der Waals surface area contributed by atoms with Crippen LogP contribution in [0.25, 0.3) is 22.1 Å². The molecule has 6 nitrogen and oxygen atoms in total. The molecular formula is C20H21N4O2+. The first-order chi connectivity index (χ1) is 12.8. The second-order valence-corrected chi connectivity index (χ2v) is 7.05. The van der Waals surface area contributed by atoms with Gasteiger partial charge < -0.3 is 14.3 Å². The van der Waals surface area contributed by atoms with Gasteiger partial charge in [0.25, 0.3) is 5.89 Å². The Bertz CT molecular complexity index is 1080. The third kappa shape index (κ3) is 2.63. The first-order valence-corrected chi connectivity index (χ1v) is 9.15. The van der Waals surface area contributed by atoms with Crippen LogP contribution in [0.2, 0.25) is 0 Å². The molecule has 0 unspecified atom stereocenters. The topological polar surface area (TPSA) is 68.3 Å². The number of imidazole rings is 1. The minimum Gasteiger partial charge on any atom is -0.435 e. The molecule has 5 rings (SSSR count). The van der Waals surface area contributed by atoms with Crippen LogP contribution in [0, 0.1) is 0 Å². The number of aromatic nitrogens is 3. The summed E-state index contributed by atoms with van der Waals surface area (Å²) in [5.41, 5.74) is 3.69. The van der Waals surface area contributed by atoms with Crippen LogP contribution in [-0.2, 0) is 6.54 Å². The van der Waals surface area contributed by atoms with E-state index < -0.39 is 0 Å². The number of aromatic amines is 1. The van der Waals surface area contributed by atoms with Crippen molar-refractivity contribution < 1.29 is 9.32 Å². The van der Waals surface area contributed by atoms with Crippen molar-refractivity contribution in [3.8, 4) is 0 Å². The van der Waals surface area contributed by atoms with Gasteiger partial charge in [0.1, 0.15) is 5.52 Å². The molecule has 1 saturated heterocycles. The average molecular weight is 349 g/mol. The monoisotopic (exact) mass is 349 g/mol. The summed E-state index contributed by atoms with van der Waals surface area (Å²) in [6.07, 6.45) is 1.97. The van der Waals surface area contributed by atoms with Gasteiger partial charge in [0.2, 0.25) is 0 Å². The zero-order chi connectivity index (χ0) is 17.5. The van der Waals surface area contributed by atoms with E-state index in [2.05, 4.69) is 9.97 Å². The Hall–Kier alpha value is -2.86. The SMILES string of the molecule is O=c1[nH]c2ccccc2n1C1CC[NH+](Cc2nc3ccccc3o2)CC1. The fourth-order valence-electron chi connectivity index (χ4n) is 4.09. The highest BCUT2D eigenvalue weighted by Crippen LogP contribution is 2.21. The van der Waals surface area contributed by atoms with Crippen molar-refractivity contribution in [1.29, 1.82) is 0 Å². The smallest absolute Gasteiger partial charge is 0.326 e. The Morgan fingerprint density at radius 1 is 1.12 bits per heavy atom. The van der Waals surface area contributed by atoms with Crippen molar-refractivity contribution in [2.75, 3.05) is 13.1 Å². The highest BCUT2D eigenvalue weighted by Gasteiger charge is 2.27. The number of piperidine rings is 1. The third-order valence-corrected chi connectivity index (χ3v) is 5.39. The minimum atomic E-state index is -0.00130. The summed E-state index contributed by atoms with van der Waals surface area (Å²) in [5, 5.41) is 0. The fourth-order valence-corrected chi connectivity index (χ4v) is 4.09. The zero-order valence-electron chi connectivity index (χ0n) is 14.4. The minimum absolute atomic E-state index is 0.00130. The zero-order valence-corrected chi connectivity index (χ0v) is 14.4. The summed E-state index contributed by atoms with van der Waals surface area (Å²) in [7, 11) is 0. The summed E-state index contributed by atoms with van der Waals surface area (Å²) < 4.78 is 7.79. The Kier molecular flexibility index (Phi) is 3.64. The van der Waals surface area contributed by atoms with Crippen LogP contribution in [0.5, 0.6) is 0 Å². The summed E-state index contributed by atoms with van der Waals surface area (Å²) in [5.74, 6) is 0.795. The Morgan fingerprint density at radius 2 is 1.88 bits per heavy atom. The van der Waals surface area contributed by atoms with E-state index in [9.17, 15) is 4.79 Å². The maximum Gasteiger partial charge on any atom is 0.326 e. The normalized spacial score (nSPS) is 20.8. The number of hydrogen-bond acceptors (Lipinski definition) is 3. The molecule has 2 aromatic carbocycles. The van der Waals surface area contributed by atoms with Crippen molar-refractivity contribution in [3.05, 3.63) is 64.9 Å². The van der Waals surface area contributed by atoms with Gasteiger partial charge in [0.05, 0.1) is 24.1 Å². The first kappa shape index (κ1) is 15.4. The molecule has 26 heavy (non-hydrogen) atoms. The molecule has 0 bridgehead atoms. The van der Waals surface area contributed by atoms with Gasteiger partial charge in [-0.1, -0.05) is 24.3 Å². The molecule has 1 aliphatic heterocycles. The number of likely N-dealkylation sites (tertiary alicyclic amines) is 1. The van der Waals surface area contributed by atoms with Gasteiger partial charge in [0, 0.05) is 18.9 Å². The van der Waals surface area contributed by atoms with E-state index in [-0.39, 0.29) is 11.7 Å². The quantitative estimate of drug-likeness (QED) is 0.593. The number of para-hydroxylation sites is 4. The first-order valence-electron chi connectivity index (χ1n) is 9.15. The number of hydrogen-bond donors (Lipinski definition) is 2. The van der Waals surface area contributed by atoms with Crippen LogP contribution < -0.4 is 10.6 Å². The van der Waals surface area contributed by atoms with Crippen LogP contribution in [0.1, 0.15) is 24.8 Å². The van der Waals surface area contributed by atoms with Gasteiger partial charge in [-0.15, -0.1) is 0 Å². The van der Waals surface area contributed by atoms with E-state index in [1.165, 1.54) is 4.90 Å². The van der Waals surface area contributed by atoms with E-state index in [0.717, 1.165) is 60.5 Å². The van der Waals surface area contributed by atoms with Gasteiger partial charge in [-0.05, 0) is 24.3 Å². The fraction of sp³-hybridized carbons (Fsp3) is 0.300. The number of quaternary nitrogens is 1. The number of nitrogens with one attached hydrogen (secondary N) is 2. The molecule has 0 spiro atoms. The maximum absolute atomic E-state index is 12.4. The van der Waals surface area contributed by atoms with Crippen molar-refractivity contribution in [2.24, 2.45) is 0 Å². The Morgan fingerprint density at radius 3 is 2.73 bits per heavy atom. The largest absolute Gasteiger partial charge is 0.435 e. The summed E-state index contributed by atoms with van der Waals surface area (Å²) in [6.45, 7) is 2.81. The van der Waals surface area contributed by atoms with Crippen molar-refractivity contribution >= 4 is 22.1 Å². The summed E-state index contributed by atoms with van der Waals surface area (Å²) >= 11 is 0. The van der Waals surface area contributed by atoms with Crippen molar-refractivity contribution in [1.82, 2.24) is 14.5 Å². The molecule has 0 aliphatic carbocycles. The molecule has 2 N–H and O–H groups in total. The maximum atomic E-state index is 12.4. The van der Waals surface area contributed by atoms with Gasteiger partial charge in [-0.3, -0.25) is 4.57 Å². The molecule has 132 valence electrons. The van der Waals surface area contributed by atoms with Gasteiger partial charge in [0.15, 0.2) is 12.1 Å². The molecular weight excluding hydrogens is 328 g/mol. The van der Waals surface area contributed by atoms with Crippen LogP contribution in [0.15, 0.2) is 57.7 Å². The van der Waals surface area contributed by atoms with Gasteiger partial charge in [-0.25, -0.2) is 9.78 Å². The van der Waals surface area contributed by atoms with Crippen LogP contribution >= 0.6 is 0 Å². The molecule has 6 heteroatoms. The second-order valence-electron chi connectivity index (χ2n) is 7.05. The highest BCUT2D eigenvalue weighted by molar-refractivity contribution is 5.75.